The summed E-state index contributed by atoms with van der Waals surface area (Å²) in [5, 5.41) is 14.7. The fraction of sp³-hybridized carbons (Fsp3) is 0.429. The van der Waals surface area contributed by atoms with Gasteiger partial charge >= 0.3 is 6.03 Å². The zero-order valence-electron chi connectivity index (χ0n) is 11.3. The summed E-state index contributed by atoms with van der Waals surface area (Å²) in [5.74, 6) is 0.0968. The minimum atomic E-state index is -0.315. The van der Waals surface area contributed by atoms with Crippen molar-refractivity contribution in [3.8, 4) is 0 Å². The molecule has 4 N–H and O–H groups in total. The van der Waals surface area contributed by atoms with Crippen molar-refractivity contribution in [2.45, 2.75) is 31.8 Å². The number of nitrogens with two attached hydrogens (primary N) is 1. The first kappa shape index (κ1) is 14.2. The number of likely N-dealkylation sites (tertiary alicyclic amines) is 1. The predicted molar refractivity (Wildman–Crippen MR) is 76.4 cm³/mol. The number of benzene rings is 1. The van der Waals surface area contributed by atoms with Gasteiger partial charge in [-0.2, -0.15) is 0 Å². The number of nitrogens with one attached hydrogen (secondary N) is 1. The molecular formula is C14H20N4O2. The number of rotatable bonds is 3. The molecule has 20 heavy (non-hydrogen) atoms. The molecule has 1 aliphatic rings. The van der Waals surface area contributed by atoms with Crippen molar-refractivity contribution in [1.82, 2.24) is 10.2 Å². The predicted octanol–water partition coefficient (Wildman–Crippen LogP) is 1.50. The Morgan fingerprint density at radius 3 is 2.85 bits per heavy atom. The summed E-state index contributed by atoms with van der Waals surface area (Å²) < 4.78 is 0. The molecule has 0 radical (unpaired) electrons. The third-order valence-corrected chi connectivity index (χ3v) is 3.51. The molecule has 1 atom stereocenters. The van der Waals surface area contributed by atoms with Crippen LogP contribution < -0.4 is 11.1 Å². The quantitative estimate of drug-likeness (QED) is 0.338. The van der Waals surface area contributed by atoms with Crippen LogP contribution in [0.3, 0.4) is 0 Å². The van der Waals surface area contributed by atoms with Crippen molar-refractivity contribution in [1.29, 1.82) is 0 Å². The highest BCUT2D eigenvalue weighted by atomic mass is 16.4. The average Bonchev–Trinajstić information content (AvgIpc) is 2.52. The molecule has 1 aromatic carbocycles. The summed E-state index contributed by atoms with van der Waals surface area (Å²) in [5.41, 5.74) is 6.70. The van der Waals surface area contributed by atoms with E-state index in [1.807, 2.05) is 30.3 Å². The van der Waals surface area contributed by atoms with Gasteiger partial charge in [0.15, 0.2) is 5.84 Å². The van der Waals surface area contributed by atoms with Crippen molar-refractivity contribution in [3.63, 3.8) is 0 Å². The molecule has 6 heteroatoms. The number of nitrogens with zero attached hydrogens (tertiary/aromatic N) is 2. The Hall–Kier alpha value is -2.24. The highest BCUT2D eigenvalue weighted by Gasteiger charge is 2.29. The number of hydrogen-bond donors (Lipinski definition) is 3. The van der Waals surface area contributed by atoms with Gasteiger partial charge in [-0.3, -0.25) is 0 Å². The van der Waals surface area contributed by atoms with Crippen molar-refractivity contribution >= 4 is 11.9 Å². The first-order valence-corrected chi connectivity index (χ1v) is 6.78. The maximum atomic E-state index is 12.2. The summed E-state index contributed by atoms with van der Waals surface area (Å²) in [7, 11) is 0. The Kier molecular flexibility index (Phi) is 4.81. The minimum absolute atomic E-state index is 0.0968. The molecule has 1 heterocycles. The Balaban J connectivity index is 1.96. The summed E-state index contributed by atoms with van der Waals surface area (Å²) >= 11 is 0. The van der Waals surface area contributed by atoms with Gasteiger partial charge in [0.25, 0.3) is 0 Å². The number of oxime groups is 1. The van der Waals surface area contributed by atoms with E-state index in [2.05, 4.69) is 10.5 Å². The van der Waals surface area contributed by atoms with E-state index in [4.69, 9.17) is 10.9 Å². The molecule has 1 aliphatic heterocycles. The van der Waals surface area contributed by atoms with Crippen molar-refractivity contribution in [2.24, 2.45) is 10.9 Å². The van der Waals surface area contributed by atoms with E-state index < -0.39 is 0 Å². The number of amidine groups is 1. The van der Waals surface area contributed by atoms with Crippen LogP contribution in [-0.4, -0.2) is 34.6 Å². The highest BCUT2D eigenvalue weighted by molar-refractivity contribution is 5.89. The Bertz CT molecular complexity index is 475. The van der Waals surface area contributed by atoms with Gasteiger partial charge in [-0.15, -0.1) is 0 Å². The van der Waals surface area contributed by atoms with Crippen LogP contribution in [0, 0.1) is 0 Å². The van der Waals surface area contributed by atoms with Crippen LogP contribution in [0.5, 0.6) is 0 Å². The molecule has 1 saturated heterocycles. The fourth-order valence-electron chi connectivity index (χ4n) is 2.42. The lowest BCUT2D eigenvalue weighted by Crippen LogP contribution is -2.53. The zero-order valence-corrected chi connectivity index (χ0v) is 11.3. The van der Waals surface area contributed by atoms with Gasteiger partial charge in [0.05, 0.1) is 6.04 Å². The molecule has 0 saturated carbocycles. The van der Waals surface area contributed by atoms with Gasteiger partial charge in [-0.1, -0.05) is 35.5 Å². The highest BCUT2D eigenvalue weighted by Crippen LogP contribution is 2.17. The van der Waals surface area contributed by atoms with Crippen LogP contribution in [0.4, 0.5) is 4.79 Å². The summed E-state index contributed by atoms with van der Waals surface area (Å²) in [6, 6.07) is 9.22. The van der Waals surface area contributed by atoms with Gasteiger partial charge in [-0.05, 0) is 24.8 Å². The van der Waals surface area contributed by atoms with E-state index in [-0.39, 0.29) is 17.9 Å². The smallest absolute Gasteiger partial charge is 0.318 e. The van der Waals surface area contributed by atoms with Crippen molar-refractivity contribution < 1.29 is 10.0 Å². The summed E-state index contributed by atoms with van der Waals surface area (Å²) in [4.78, 5) is 13.9. The second-order valence-electron chi connectivity index (χ2n) is 4.87. The standard InChI is InChI=1S/C14H20N4O2/c15-13(17-20)12-8-4-5-9-18(12)14(19)16-10-11-6-2-1-3-7-11/h1-3,6-7,12,20H,4-5,8-10H2,(H2,15,17)(H,16,19). The van der Waals surface area contributed by atoms with E-state index in [0.717, 1.165) is 24.8 Å². The first-order chi connectivity index (χ1) is 9.72. The molecule has 2 rings (SSSR count). The SMILES string of the molecule is N/C(=N/O)C1CCCCN1C(=O)NCc1ccccc1. The average molecular weight is 276 g/mol. The lowest BCUT2D eigenvalue weighted by molar-refractivity contribution is 0.170. The molecular weight excluding hydrogens is 256 g/mol. The number of carbonyl (C=O) groups excluding carboxylic acids is 1. The van der Waals surface area contributed by atoms with E-state index >= 15 is 0 Å². The largest absolute Gasteiger partial charge is 0.409 e. The van der Waals surface area contributed by atoms with Crippen LogP contribution in [0.1, 0.15) is 24.8 Å². The third kappa shape index (κ3) is 3.40. The molecule has 0 aromatic heterocycles. The topological polar surface area (TPSA) is 91.0 Å². The minimum Gasteiger partial charge on any atom is -0.409 e. The normalized spacial score (nSPS) is 19.7. The van der Waals surface area contributed by atoms with Crippen LogP contribution in [0.25, 0.3) is 0 Å². The fourth-order valence-corrected chi connectivity index (χ4v) is 2.42. The van der Waals surface area contributed by atoms with Crippen LogP contribution in [-0.2, 0) is 6.54 Å². The Labute approximate surface area is 118 Å². The lowest BCUT2D eigenvalue weighted by atomic mass is 10.0. The summed E-state index contributed by atoms with van der Waals surface area (Å²) in [6.07, 6.45) is 2.64. The first-order valence-electron chi connectivity index (χ1n) is 6.78. The van der Waals surface area contributed by atoms with Crippen molar-refractivity contribution in [2.75, 3.05) is 6.54 Å². The van der Waals surface area contributed by atoms with Gasteiger partial charge < -0.3 is 21.2 Å². The number of urea groups is 1. The summed E-state index contributed by atoms with van der Waals surface area (Å²) in [6.45, 7) is 1.10. The van der Waals surface area contributed by atoms with E-state index in [1.54, 1.807) is 4.90 Å². The molecule has 2 amide bonds. The number of piperidine rings is 1. The Morgan fingerprint density at radius 2 is 2.15 bits per heavy atom. The molecule has 1 aromatic rings. The van der Waals surface area contributed by atoms with E-state index in [9.17, 15) is 4.79 Å². The number of carbonyl (C=O) groups is 1. The van der Waals surface area contributed by atoms with Gasteiger partial charge in [0.2, 0.25) is 0 Å². The lowest BCUT2D eigenvalue weighted by Gasteiger charge is -2.34. The van der Waals surface area contributed by atoms with Gasteiger partial charge in [-0.25, -0.2) is 4.79 Å². The monoisotopic (exact) mass is 276 g/mol. The maximum absolute atomic E-state index is 12.2. The van der Waals surface area contributed by atoms with Crippen LogP contribution in [0.2, 0.25) is 0 Å². The molecule has 1 fully saturated rings. The van der Waals surface area contributed by atoms with Crippen molar-refractivity contribution in [3.05, 3.63) is 35.9 Å². The molecule has 108 valence electrons. The second kappa shape index (κ2) is 6.79. The van der Waals surface area contributed by atoms with E-state index in [1.165, 1.54) is 0 Å². The molecule has 0 aliphatic carbocycles. The maximum Gasteiger partial charge on any atom is 0.318 e. The van der Waals surface area contributed by atoms with Gasteiger partial charge in [0, 0.05) is 13.1 Å². The molecule has 6 nitrogen and oxygen atoms in total. The van der Waals surface area contributed by atoms with Gasteiger partial charge in [0.1, 0.15) is 0 Å². The zero-order chi connectivity index (χ0) is 14.4. The van der Waals surface area contributed by atoms with Crippen LogP contribution >= 0.6 is 0 Å². The number of amides is 2. The van der Waals surface area contributed by atoms with Crippen LogP contribution in [0.15, 0.2) is 35.5 Å². The molecule has 0 bridgehead atoms. The number of hydrogen-bond acceptors (Lipinski definition) is 3. The molecule has 0 spiro atoms. The molecule has 1 unspecified atom stereocenters. The van der Waals surface area contributed by atoms with E-state index in [0.29, 0.717) is 13.1 Å². The second-order valence-corrected chi connectivity index (χ2v) is 4.87. The third-order valence-electron chi connectivity index (χ3n) is 3.51. The Morgan fingerprint density at radius 1 is 1.40 bits per heavy atom.